The summed E-state index contributed by atoms with van der Waals surface area (Å²) in [5, 5.41) is 2.97. The third kappa shape index (κ3) is 6.23. The first-order chi connectivity index (χ1) is 18.1. The minimum absolute atomic E-state index is 0.000707. The highest BCUT2D eigenvalue weighted by molar-refractivity contribution is 7.09. The van der Waals surface area contributed by atoms with Crippen LogP contribution in [0.15, 0.2) is 42.5 Å². The SMILES string of the molecule is COc1ccc(C(C(=O)NCCC(C)C)N(C(=O)c2snc(C(N)=O)c2N)c2cccc(C)c2)cc1OC. The molecule has 0 radical (unpaired) electrons. The van der Waals surface area contributed by atoms with Crippen LogP contribution < -0.4 is 31.2 Å². The molecule has 0 aliphatic rings. The van der Waals surface area contributed by atoms with E-state index >= 15 is 0 Å². The van der Waals surface area contributed by atoms with Gasteiger partial charge in [0.05, 0.1) is 19.9 Å². The largest absolute Gasteiger partial charge is 0.493 e. The summed E-state index contributed by atoms with van der Waals surface area (Å²) in [6, 6.07) is 11.1. The molecule has 0 saturated carbocycles. The second-order valence-electron chi connectivity index (χ2n) is 9.14. The van der Waals surface area contributed by atoms with Crippen LogP contribution in [0.25, 0.3) is 0 Å². The minimum Gasteiger partial charge on any atom is -0.493 e. The molecule has 5 N–H and O–H groups in total. The predicted molar refractivity (Wildman–Crippen MR) is 148 cm³/mol. The molecule has 0 saturated heterocycles. The van der Waals surface area contributed by atoms with Crippen LogP contribution in [0.1, 0.15) is 57.6 Å². The maximum atomic E-state index is 14.1. The number of hydrogen-bond acceptors (Lipinski definition) is 8. The van der Waals surface area contributed by atoms with E-state index in [1.807, 2.05) is 13.0 Å². The Bertz CT molecular complexity index is 1320. The third-order valence-electron chi connectivity index (χ3n) is 5.91. The number of aromatic nitrogens is 1. The summed E-state index contributed by atoms with van der Waals surface area (Å²) in [6.07, 6.45) is 0.756. The van der Waals surface area contributed by atoms with Crippen LogP contribution in [0.2, 0.25) is 0 Å². The number of anilines is 2. The summed E-state index contributed by atoms with van der Waals surface area (Å²) < 4.78 is 14.8. The molecule has 1 unspecified atom stereocenters. The summed E-state index contributed by atoms with van der Waals surface area (Å²) in [6.45, 7) is 6.42. The maximum Gasteiger partial charge on any atom is 0.273 e. The Morgan fingerprint density at radius 2 is 1.79 bits per heavy atom. The fourth-order valence-corrected chi connectivity index (χ4v) is 4.66. The normalized spacial score (nSPS) is 11.6. The Balaban J connectivity index is 2.22. The number of carbonyl (C=O) groups is 3. The molecule has 1 aromatic heterocycles. The van der Waals surface area contributed by atoms with Crippen LogP contribution in [0.3, 0.4) is 0 Å². The molecule has 1 atom stereocenters. The zero-order valence-electron chi connectivity index (χ0n) is 22.1. The van der Waals surface area contributed by atoms with Gasteiger partial charge in [-0.1, -0.05) is 32.0 Å². The van der Waals surface area contributed by atoms with Crippen molar-refractivity contribution in [1.29, 1.82) is 0 Å². The van der Waals surface area contributed by atoms with Gasteiger partial charge in [0.25, 0.3) is 11.8 Å². The molecule has 3 amide bonds. The molecule has 1 heterocycles. The van der Waals surface area contributed by atoms with Crippen molar-refractivity contribution in [1.82, 2.24) is 9.69 Å². The van der Waals surface area contributed by atoms with Gasteiger partial charge in [-0.2, -0.15) is 4.37 Å². The second-order valence-corrected chi connectivity index (χ2v) is 9.92. The van der Waals surface area contributed by atoms with E-state index in [0.717, 1.165) is 23.5 Å². The second kappa shape index (κ2) is 12.4. The average Bonchev–Trinajstić information content (AvgIpc) is 3.27. The fraction of sp³-hybridized carbons (Fsp3) is 0.333. The molecular formula is C27H33N5O5S. The first-order valence-corrected chi connectivity index (χ1v) is 12.8. The Morgan fingerprint density at radius 3 is 2.37 bits per heavy atom. The molecule has 3 rings (SSSR count). The predicted octanol–water partition coefficient (Wildman–Crippen LogP) is 3.70. The number of ether oxygens (including phenoxy) is 2. The molecule has 0 aliphatic carbocycles. The topological polar surface area (TPSA) is 150 Å². The Morgan fingerprint density at radius 1 is 1.08 bits per heavy atom. The van der Waals surface area contributed by atoms with Gasteiger partial charge in [0.15, 0.2) is 17.2 Å². The number of hydrogen-bond donors (Lipinski definition) is 3. The zero-order chi connectivity index (χ0) is 28.0. The number of benzene rings is 2. The van der Waals surface area contributed by atoms with Crippen molar-refractivity contribution in [2.75, 3.05) is 31.4 Å². The molecular weight excluding hydrogens is 506 g/mol. The van der Waals surface area contributed by atoms with Gasteiger partial charge >= 0.3 is 0 Å². The lowest BCUT2D eigenvalue weighted by molar-refractivity contribution is -0.122. The highest BCUT2D eigenvalue weighted by Crippen LogP contribution is 2.37. The smallest absolute Gasteiger partial charge is 0.273 e. The Hall–Kier alpha value is -4.12. The van der Waals surface area contributed by atoms with Gasteiger partial charge in [0, 0.05) is 12.2 Å². The van der Waals surface area contributed by atoms with Crippen molar-refractivity contribution in [3.63, 3.8) is 0 Å². The van der Waals surface area contributed by atoms with Crippen LogP contribution in [0.5, 0.6) is 11.5 Å². The molecule has 0 bridgehead atoms. The first kappa shape index (κ1) is 28.5. The van der Waals surface area contributed by atoms with Gasteiger partial charge in [-0.25, -0.2) is 0 Å². The standard InChI is InChI=1S/C27H33N5O5S/c1-15(2)11-12-30-26(34)23(17-9-10-19(36-4)20(14-17)37-5)32(18-8-6-7-16(3)13-18)27(35)24-21(28)22(25(29)33)31-38-24/h6-10,13-15,23H,11-12,28H2,1-5H3,(H2,29,33)(H,30,34). The van der Waals surface area contributed by atoms with E-state index in [-0.39, 0.29) is 16.3 Å². The van der Waals surface area contributed by atoms with Crippen molar-refractivity contribution in [2.45, 2.75) is 33.2 Å². The van der Waals surface area contributed by atoms with Crippen LogP contribution >= 0.6 is 11.5 Å². The van der Waals surface area contributed by atoms with Crippen LogP contribution in [0, 0.1) is 12.8 Å². The van der Waals surface area contributed by atoms with Gasteiger partial charge < -0.3 is 26.3 Å². The van der Waals surface area contributed by atoms with Crippen molar-refractivity contribution >= 4 is 40.6 Å². The number of nitrogen functional groups attached to an aromatic ring is 1. The van der Waals surface area contributed by atoms with Gasteiger partial charge in [-0.05, 0) is 66.2 Å². The van der Waals surface area contributed by atoms with E-state index in [0.29, 0.717) is 35.2 Å². The molecule has 11 heteroatoms. The van der Waals surface area contributed by atoms with E-state index < -0.39 is 23.8 Å². The summed E-state index contributed by atoms with van der Waals surface area (Å²) in [5.41, 5.74) is 13.0. The number of methoxy groups -OCH3 is 2. The fourth-order valence-electron chi connectivity index (χ4n) is 3.92. The van der Waals surface area contributed by atoms with Crippen LogP contribution in [-0.4, -0.2) is 42.9 Å². The molecule has 0 aliphatic heterocycles. The number of amides is 3. The van der Waals surface area contributed by atoms with Crippen molar-refractivity contribution in [3.8, 4) is 11.5 Å². The molecule has 0 fully saturated rings. The van der Waals surface area contributed by atoms with Crippen molar-refractivity contribution < 1.29 is 23.9 Å². The van der Waals surface area contributed by atoms with Gasteiger partial charge in [0.1, 0.15) is 10.9 Å². The monoisotopic (exact) mass is 539 g/mol. The lowest BCUT2D eigenvalue weighted by atomic mass is 10.0. The van der Waals surface area contributed by atoms with Crippen LogP contribution in [0.4, 0.5) is 11.4 Å². The summed E-state index contributed by atoms with van der Waals surface area (Å²) in [4.78, 5) is 41.1. The van der Waals surface area contributed by atoms with Crippen molar-refractivity contribution in [3.05, 3.63) is 64.2 Å². The third-order valence-corrected chi connectivity index (χ3v) is 6.76. The Kier molecular flexibility index (Phi) is 9.30. The zero-order valence-corrected chi connectivity index (χ0v) is 22.9. The summed E-state index contributed by atoms with van der Waals surface area (Å²) in [7, 11) is 3.01. The van der Waals surface area contributed by atoms with Crippen LogP contribution in [-0.2, 0) is 4.79 Å². The molecule has 202 valence electrons. The van der Waals surface area contributed by atoms with Crippen molar-refractivity contribution in [2.24, 2.45) is 11.7 Å². The molecule has 10 nitrogen and oxygen atoms in total. The van der Waals surface area contributed by atoms with Gasteiger partial charge in [-0.3, -0.25) is 19.3 Å². The number of nitrogens with one attached hydrogen (secondary N) is 1. The first-order valence-electron chi connectivity index (χ1n) is 12.0. The Labute approximate surface area is 226 Å². The maximum absolute atomic E-state index is 14.1. The molecule has 2 aromatic carbocycles. The quantitative estimate of drug-likeness (QED) is 0.336. The van der Waals surface area contributed by atoms with E-state index in [1.165, 1.54) is 19.1 Å². The molecule has 0 spiro atoms. The summed E-state index contributed by atoms with van der Waals surface area (Å²) >= 11 is 0.756. The van der Waals surface area contributed by atoms with E-state index in [9.17, 15) is 14.4 Å². The average molecular weight is 540 g/mol. The number of nitrogens with two attached hydrogens (primary N) is 2. The highest BCUT2D eigenvalue weighted by atomic mass is 32.1. The summed E-state index contributed by atoms with van der Waals surface area (Å²) in [5.74, 6) is -0.601. The van der Waals surface area contributed by atoms with E-state index in [1.54, 1.807) is 36.4 Å². The number of primary amides is 1. The van der Waals surface area contributed by atoms with Gasteiger partial charge in [-0.15, -0.1) is 0 Å². The lowest BCUT2D eigenvalue weighted by Crippen LogP contribution is -2.44. The lowest BCUT2D eigenvalue weighted by Gasteiger charge is -2.32. The number of aryl methyl sites for hydroxylation is 1. The van der Waals surface area contributed by atoms with E-state index in [2.05, 4.69) is 23.5 Å². The number of nitrogens with zero attached hydrogens (tertiary/aromatic N) is 2. The van der Waals surface area contributed by atoms with E-state index in [4.69, 9.17) is 20.9 Å². The van der Waals surface area contributed by atoms with Gasteiger partial charge in [0.2, 0.25) is 5.91 Å². The molecule has 3 aromatic rings. The molecule has 38 heavy (non-hydrogen) atoms. The highest BCUT2D eigenvalue weighted by Gasteiger charge is 2.36. The number of carbonyl (C=O) groups excluding carboxylic acids is 3. The minimum atomic E-state index is -1.12. The number of rotatable bonds is 11.